The molecule has 2 aromatic rings. The van der Waals surface area contributed by atoms with E-state index in [1.165, 1.54) is 25.4 Å². The lowest BCUT2D eigenvalue weighted by Crippen LogP contribution is -2.42. The molecule has 3 rings (SSSR count). The van der Waals surface area contributed by atoms with Gasteiger partial charge in [-0.05, 0) is 38.2 Å². The number of amides is 1. The lowest BCUT2D eigenvalue weighted by molar-refractivity contribution is 0.0960. The van der Waals surface area contributed by atoms with Crippen molar-refractivity contribution in [2.45, 2.75) is 18.1 Å². The van der Waals surface area contributed by atoms with Crippen molar-refractivity contribution in [1.82, 2.24) is 9.71 Å². The first kappa shape index (κ1) is 16.4. The zero-order chi connectivity index (χ0) is 17.3. The van der Waals surface area contributed by atoms with Crippen LogP contribution >= 0.6 is 0 Å². The second-order valence-corrected chi connectivity index (χ2v) is 7.24. The molecule has 2 heterocycles. The van der Waals surface area contributed by atoms with Crippen LogP contribution in [0, 0.1) is 0 Å². The summed E-state index contributed by atoms with van der Waals surface area (Å²) in [6.07, 6.45) is 1.13. The molecule has 1 atom stereocenters. The van der Waals surface area contributed by atoms with E-state index in [4.69, 9.17) is 4.74 Å². The summed E-state index contributed by atoms with van der Waals surface area (Å²) in [5, 5.41) is -0.128. The van der Waals surface area contributed by atoms with Crippen LogP contribution in [0.25, 0.3) is 0 Å². The number of pyridine rings is 1. The number of fused-ring (bicyclic) bond motifs is 1. The molecule has 0 radical (unpaired) electrons. The highest BCUT2D eigenvalue weighted by Gasteiger charge is 2.28. The van der Waals surface area contributed by atoms with Crippen LogP contribution in [0.5, 0.6) is 5.75 Å². The average Bonchev–Trinajstić information content (AvgIpc) is 2.60. The van der Waals surface area contributed by atoms with E-state index in [0.29, 0.717) is 23.5 Å². The van der Waals surface area contributed by atoms with E-state index in [1.807, 2.05) is 31.2 Å². The van der Waals surface area contributed by atoms with E-state index in [2.05, 4.69) is 9.71 Å². The summed E-state index contributed by atoms with van der Waals surface area (Å²) in [5.74, 6) is 0.394. The van der Waals surface area contributed by atoms with Gasteiger partial charge in [-0.15, -0.1) is 0 Å². The number of nitrogens with one attached hydrogen (secondary N) is 1. The molecule has 0 aliphatic carbocycles. The fourth-order valence-electron chi connectivity index (χ4n) is 2.51. The van der Waals surface area contributed by atoms with Crippen LogP contribution in [0.1, 0.15) is 17.3 Å². The Kier molecular flexibility index (Phi) is 4.25. The second-order valence-electron chi connectivity index (χ2n) is 5.40. The molecule has 0 spiro atoms. The Morgan fingerprint density at radius 2 is 2.04 bits per heavy atom. The smallest absolute Gasteiger partial charge is 0.260 e. The van der Waals surface area contributed by atoms with Crippen LogP contribution in [-0.2, 0) is 10.0 Å². The molecule has 8 heteroatoms. The van der Waals surface area contributed by atoms with Crippen molar-refractivity contribution >= 4 is 21.6 Å². The van der Waals surface area contributed by atoms with Gasteiger partial charge < -0.3 is 9.64 Å². The fraction of sp³-hybridized carbons (Fsp3) is 0.250. The molecule has 1 aromatic heterocycles. The molecule has 126 valence electrons. The summed E-state index contributed by atoms with van der Waals surface area (Å²) < 4.78 is 31.3. The lowest BCUT2D eigenvalue weighted by atomic mass is 10.1. The molecule has 1 aliphatic rings. The molecule has 0 fully saturated rings. The average molecular weight is 347 g/mol. The number of hydrogen-bond acceptors (Lipinski definition) is 5. The highest BCUT2D eigenvalue weighted by molar-refractivity contribution is 7.89. The second kappa shape index (κ2) is 6.21. The first-order valence-corrected chi connectivity index (χ1v) is 8.88. The van der Waals surface area contributed by atoms with Gasteiger partial charge in [-0.25, -0.2) is 18.1 Å². The van der Waals surface area contributed by atoms with E-state index in [9.17, 15) is 13.2 Å². The van der Waals surface area contributed by atoms with Gasteiger partial charge in [-0.3, -0.25) is 4.79 Å². The normalized spacial score (nSPS) is 17.1. The zero-order valence-electron chi connectivity index (χ0n) is 13.3. The zero-order valence-corrected chi connectivity index (χ0v) is 14.1. The molecule has 1 aliphatic heterocycles. The Morgan fingerprint density at radius 1 is 1.29 bits per heavy atom. The third-order valence-electron chi connectivity index (χ3n) is 3.70. The van der Waals surface area contributed by atoms with E-state index < -0.39 is 10.0 Å². The molecular formula is C16H17N3O4S. The van der Waals surface area contributed by atoms with Crippen molar-refractivity contribution in [3.05, 3.63) is 48.2 Å². The molecular weight excluding hydrogens is 330 g/mol. The van der Waals surface area contributed by atoms with Crippen LogP contribution in [0.4, 0.5) is 5.69 Å². The van der Waals surface area contributed by atoms with Gasteiger partial charge in [0.05, 0.1) is 17.8 Å². The summed E-state index contributed by atoms with van der Waals surface area (Å²) in [6.45, 7) is 2.30. The SMILES string of the molecule is CNS(=O)(=O)c1ccc(C(=O)N2CC(C)Oc3ccccc32)cn1. The van der Waals surface area contributed by atoms with Crippen LogP contribution in [0.3, 0.4) is 0 Å². The highest BCUT2D eigenvalue weighted by atomic mass is 32.2. The third-order valence-corrected chi connectivity index (χ3v) is 5.03. The van der Waals surface area contributed by atoms with Gasteiger partial charge >= 0.3 is 0 Å². The first-order chi connectivity index (χ1) is 11.4. The minimum absolute atomic E-state index is 0.128. The fourth-order valence-corrected chi connectivity index (χ4v) is 3.16. The maximum absolute atomic E-state index is 12.8. The Balaban J connectivity index is 1.93. The molecule has 0 saturated heterocycles. The minimum Gasteiger partial charge on any atom is -0.487 e. The topological polar surface area (TPSA) is 88.6 Å². The number of carbonyl (C=O) groups excluding carboxylic acids is 1. The van der Waals surface area contributed by atoms with E-state index >= 15 is 0 Å². The largest absolute Gasteiger partial charge is 0.487 e. The number of carbonyl (C=O) groups is 1. The molecule has 7 nitrogen and oxygen atoms in total. The van der Waals surface area contributed by atoms with Gasteiger partial charge in [0.1, 0.15) is 11.9 Å². The van der Waals surface area contributed by atoms with Crippen molar-refractivity contribution < 1.29 is 17.9 Å². The molecule has 0 saturated carbocycles. The van der Waals surface area contributed by atoms with Crippen molar-refractivity contribution in [3.63, 3.8) is 0 Å². The number of anilines is 1. The third kappa shape index (κ3) is 2.98. The first-order valence-electron chi connectivity index (χ1n) is 7.39. The van der Waals surface area contributed by atoms with Crippen LogP contribution in [-0.4, -0.2) is 39.0 Å². The number of rotatable bonds is 3. The summed E-state index contributed by atoms with van der Waals surface area (Å²) >= 11 is 0. The van der Waals surface area contributed by atoms with Gasteiger partial charge in [0, 0.05) is 6.20 Å². The summed E-state index contributed by atoms with van der Waals surface area (Å²) in [4.78, 5) is 18.3. The number of sulfonamides is 1. The number of nitrogens with zero attached hydrogens (tertiary/aromatic N) is 2. The number of benzene rings is 1. The van der Waals surface area contributed by atoms with Crippen molar-refractivity contribution in [2.75, 3.05) is 18.5 Å². The van der Waals surface area contributed by atoms with Crippen LogP contribution in [0.15, 0.2) is 47.6 Å². The Labute approximate surface area is 140 Å². The van der Waals surface area contributed by atoms with E-state index in [0.717, 1.165) is 0 Å². The predicted octanol–water partition coefficient (Wildman–Crippen LogP) is 1.42. The standard InChI is InChI=1S/C16H17N3O4S/c1-11-10-19(13-5-3-4-6-14(13)23-11)16(20)12-7-8-15(18-9-12)24(21,22)17-2/h3-9,11,17H,10H2,1-2H3. The molecule has 1 unspecified atom stereocenters. The molecule has 1 amide bonds. The van der Waals surface area contributed by atoms with Crippen molar-refractivity contribution in [2.24, 2.45) is 0 Å². The quantitative estimate of drug-likeness (QED) is 0.907. The summed E-state index contributed by atoms with van der Waals surface area (Å²) in [5.41, 5.74) is 1.00. The highest BCUT2D eigenvalue weighted by Crippen LogP contribution is 2.33. The number of ether oxygens (including phenoxy) is 1. The van der Waals surface area contributed by atoms with E-state index in [-0.39, 0.29) is 17.0 Å². The molecule has 24 heavy (non-hydrogen) atoms. The minimum atomic E-state index is -3.63. The van der Waals surface area contributed by atoms with Gasteiger partial charge in [0.25, 0.3) is 15.9 Å². The molecule has 0 bridgehead atoms. The van der Waals surface area contributed by atoms with Gasteiger partial charge in [0.2, 0.25) is 0 Å². The maximum Gasteiger partial charge on any atom is 0.260 e. The van der Waals surface area contributed by atoms with E-state index in [1.54, 1.807) is 4.90 Å². The number of aromatic nitrogens is 1. The summed E-state index contributed by atoms with van der Waals surface area (Å²) in [7, 11) is -2.32. The predicted molar refractivity (Wildman–Crippen MR) is 88.7 cm³/mol. The van der Waals surface area contributed by atoms with Crippen molar-refractivity contribution in [3.8, 4) is 5.75 Å². The number of hydrogen-bond donors (Lipinski definition) is 1. The van der Waals surface area contributed by atoms with Gasteiger partial charge in [0.15, 0.2) is 5.03 Å². The monoisotopic (exact) mass is 347 g/mol. The van der Waals surface area contributed by atoms with Gasteiger partial charge in [-0.2, -0.15) is 0 Å². The molecule has 1 aromatic carbocycles. The Morgan fingerprint density at radius 3 is 2.71 bits per heavy atom. The molecule has 1 N–H and O–H groups in total. The summed E-state index contributed by atoms with van der Waals surface area (Å²) in [6, 6.07) is 10.1. The van der Waals surface area contributed by atoms with Crippen LogP contribution in [0.2, 0.25) is 0 Å². The van der Waals surface area contributed by atoms with Crippen molar-refractivity contribution in [1.29, 1.82) is 0 Å². The van der Waals surface area contributed by atoms with Crippen LogP contribution < -0.4 is 14.4 Å². The lowest BCUT2D eigenvalue weighted by Gasteiger charge is -2.33. The number of para-hydroxylation sites is 2. The van der Waals surface area contributed by atoms with Gasteiger partial charge in [-0.1, -0.05) is 12.1 Å². The Bertz CT molecular complexity index is 865. The maximum atomic E-state index is 12.8. The Hall–Kier alpha value is -2.45.